The molecular weight excluding hydrogens is 351 g/mol. The summed E-state index contributed by atoms with van der Waals surface area (Å²) in [5.74, 6) is -0.609. The van der Waals surface area contributed by atoms with Crippen LogP contribution in [0.5, 0.6) is 0 Å². The number of ether oxygens (including phenoxy) is 1. The molecule has 0 aromatic rings. The van der Waals surface area contributed by atoms with Crippen molar-refractivity contribution in [2.24, 2.45) is 5.92 Å². The van der Waals surface area contributed by atoms with Crippen LogP contribution in [0.15, 0.2) is 0 Å². The third-order valence-electron chi connectivity index (χ3n) is 4.95. The van der Waals surface area contributed by atoms with Crippen molar-refractivity contribution < 1.29 is 27.5 Å². The molecule has 2 fully saturated rings. The summed E-state index contributed by atoms with van der Waals surface area (Å²) >= 11 is 0. The molecule has 0 bridgehead atoms. The Morgan fingerprint density at radius 3 is 2.23 bits per heavy atom. The number of rotatable bonds is 5. The number of nitrogens with one attached hydrogen (secondary N) is 2. The van der Waals surface area contributed by atoms with E-state index in [-0.39, 0.29) is 43.2 Å². The highest BCUT2D eigenvalue weighted by Gasteiger charge is 2.35. The molecule has 150 valence electrons. The minimum Gasteiger partial charge on any atom is -0.462 e. The number of carbonyl (C=O) groups excluding carboxylic acids is 2. The fourth-order valence-electron chi connectivity index (χ4n) is 3.56. The summed E-state index contributed by atoms with van der Waals surface area (Å²) in [4.78, 5) is 25.1. The number of nitrogens with zero attached hydrogens (tertiary/aromatic N) is 1. The Bertz CT molecular complexity index is 472. The number of hydrogen-bond donors (Lipinski definition) is 2. The van der Waals surface area contributed by atoms with Crippen molar-refractivity contribution in [2.45, 2.75) is 63.8 Å². The Kier molecular flexibility index (Phi) is 7.55. The van der Waals surface area contributed by atoms with Gasteiger partial charge in [-0.1, -0.05) is 0 Å². The van der Waals surface area contributed by atoms with Crippen LogP contribution in [0.1, 0.15) is 45.4 Å². The highest BCUT2D eigenvalue weighted by atomic mass is 19.4. The lowest BCUT2D eigenvalue weighted by Crippen LogP contribution is -2.45. The van der Waals surface area contributed by atoms with Gasteiger partial charge in [0.2, 0.25) is 0 Å². The van der Waals surface area contributed by atoms with Crippen LogP contribution in [-0.4, -0.2) is 61.4 Å². The summed E-state index contributed by atoms with van der Waals surface area (Å²) in [5.41, 5.74) is 0. The van der Waals surface area contributed by atoms with Crippen LogP contribution in [0.2, 0.25) is 0 Å². The van der Waals surface area contributed by atoms with E-state index < -0.39 is 12.7 Å². The molecule has 6 nitrogen and oxygen atoms in total. The van der Waals surface area contributed by atoms with Crippen molar-refractivity contribution in [3.05, 3.63) is 0 Å². The second-order valence-electron chi connectivity index (χ2n) is 7.08. The van der Waals surface area contributed by atoms with Gasteiger partial charge < -0.3 is 15.4 Å². The molecular formula is C17H28F3N3O3. The van der Waals surface area contributed by atoms with E-state index in [1.54, 1.807) is 0 Å². The molecule has 0 atom stereocenters. The summed E-state index contributed by atoms with van der Waals surface area (Å²) in [6, 6.07) is -0.0966. The predicted octanol–water partition coefficient (Wildman–Crippen LogP) is 2.43. The first kappa shape index (κ1) is 20.8. The number of hydrogen-bond acceptors (Lipinski definition) is 4. The van der Waals surface area contributed by atoms with Crippen LogP contribution >= 0.6 is 0 Å². The predicted molar refractivity (Wildman–Crippen MR) is 89.6 cm³/mol. The second-order valence-corrected chi connectivity index (χ2v) is 7.08. The normalized spacial score (nSPS) is 25.5. The van der Waals surface area contributed by atoms with Gasteiger partial charge in [0.1, 0.15) is 6.10 Å². The molecule has 0 aromatic heterocycles. The highest BCUT2D eigenvalue weighted by Crippen LogP contribution is 2.26. The smallest absolute Gasteiger partial charge is 0.401 e. The fraction of sp³-hybridized carbons (Fsp3) is 0.882. The van der Waals surface area contributed by atoms with Crippen molar-refractivity contribution >= 4 is 12.0 Å². The van der Waals surface area contributed by atoms with Gasteiger partial charge in [0.25, 0.3) is 0 Å². The Labute approximate surface area is 151 Å². The van der Waals surface area contributed by atoms with E-state index in [1.807, 2.05) is 6.92 Å². The molecule has 0 radical (unpaired) electrons. The minimum atomic E-state index is -4.20. The van der Waals surface area contributed by atoms with Crippen molar-refractivity contribution in [3.63, 3.8) is 0 Å². The molecule has 26 heavy (non-hydrogen) atoms. The van der Waals surface area contributed by atoms with Gasteiger partial charge in [-0.15, -0.1) is 0 Å². The van der Waals surface area contributed by atoms with Crippen LogP contribution in [0.3, 0.4) is 0 Å². The van der Waals surface area contributed by atoms with Crippen molar-refractivity contribution in [2.75, 3.05) is 26.2 Å². The average molecular weight is 379 g/mol. The summed E-state index contributed by atoms with van der Waals surface area (Å²) in [5, 5.41) is 5.58. The van der Waals surface area contributed by atoms with Gasteiger partial charge in [0, 0.05) is 12.6 Å². The Morgan fingerprint density at radius 1 is 1.08 bits per heavy atom. The lowest BCUT2D eigenvalue weighted by atomic mass is 9.92. The summed E-state index contributed by atoms with van der Waals surface area (Å²) in [6.45, 7) is 2.03. The first-order chi connectivity index (χ1) is 12.3. The van der Waals surface area contributed by atoms with E-state index in [2.05, 4.69) is 10.6 Å². The molecule has 1 saturated carbocycles. The van der Waals surface area contributed by atoms with Gasteiger partial charge in [0.05, 0.1) is 12.5 Å². The maximum Gasteiger partial charge on any atom is 0.401 e. The summed E-state index contributed by atoms with van der Waals surface area (Å²) < 4.78 is 42.7. The van der Waals surface area contributed by atoms with E-state index in [4.69, 9.17) is 4.74 Å². The van der Waals surface area contributed by atoms with Gasteiger partial charge in [-0.2, -0.15) is 13.2 Å². The summed E-state index contributed by atoms with van der Waals surface area (Å²) in [6.07, 6.45) is -0.674. The highest BCUT2D eigenvalue weighted by molar-refractivity contribution is 5.74. The van der Waals surface area contributed by atoms with Gasteiger partial charge in [-0.05, 0) is 58.5 Å². The van der Waals surface area contributed by atoms with Crippen LogP contribution in [0.25, 0.3) is 0 Å². The minimum absolute atomic E-state index is 0.0853. The van der Waals surface area contributed by atoms with Crippen LogP contribution in [0.4, 0.5) is 18.0 Å². The zero-order valence-corrected chi connectivity index (χ0v) is 15.1. The number of likely N-dealkylation sites (tertiary alicyclic amines) is 1. The van der Waals surface area contributed by atoms with Gasteiger partial charge in [-0.25, -0.2) is 4.79 Å². The Balaban J connectivity index is 1.66. The largest absolute Gasteiger partial charge is 0.462 e. The molecule has 0 spiro atoms. The number of halogens is 3. The number of esters is 1. The summed E-state index contributed by atoms with van der Waals surface area (Å²) in [7, 11) is 0. The Hall–Kier alpha value is -1.51. The molecule has 1 saturated heterocycles. The molecule has 1 heterocycles. The number of piperidine rings is 1. The maximum atomic E-state index is 12.4. The number of urea groups is 1. The Morgan fingerprint density at radius 2 is 1.69 bits per heavy atom. The molecule has 2 N–H and O–H groups in total. The van der Waals surface area contributed by atoms with Gasteiger partial charge in [-0.3, -0.25) is 9.69 Å². The fourth-order valence-corrected chi connectivity index (χ4v) is 3.56. The second kappa shape index (κ2) is 9.43. The molecule has 1 aliphatic carbocycles. The molecule has 0 aromatic carbocycles. The lowest BCUT2D eigenvalue weighted by molar-refractivity contribution is -0.161. The lowest BCUT2D eigenvalue weighted by Gasteiger charge is -2.33. The van der Waals surface area contributed by atoms with Crippen LogP contribution < -0.4 is 10.6 Å². The molecule has 2 aliphatic rings. The standard InChI is InChI=1S/C17H28F3N3O3/c1-2-21-16(25)22-13-3-5-14(6-4-13)26-15(24)12-7-9-23(10-8-12)11-17(18,19)20/h12-14H,2-11H2,1H3,(H2,21,22,25). The third-order valence-corrected chi connectivity index (χ3v) is 4.95. The average Bonchev–Trinajstić information content (AvgIpc) is 2.56. The van der Waals surface area contributed by atoms with Crippen molar-refractivity contribution in [1.29, 1.82) is 0 Å². The van der Waals surface area contributed by atoms with Crippen molar-refractivity contribution in [3.8, 4) is 0 Å². The van der Waals surface area contributed by atoms with Crippen molar-refractivity contribution in [1.82, 2.24) is 15.5 Å². The van der Waals surface area contributed by atoms with Gasteiger partial charge in [0.15, 0.2) is 0 Å². The molecule has 2 rings (SSSR count). The maximum absolute atomic E-state index is 12.4. The number of amides is 2. The SMILES string of the molecule is CCNC(=O)NC1CCC(OC(=O)C2CCN(CC(F)(F)F)CC2)CC1. The zero-order valence-electron chi connectivity index (χ0n) is 15.1. The first-order valence-electron chi connectivity index (χ1n) is 9.30. The van der Waals surface area contributed by atoms with E-state index in [1.165, 1.54) is 4.90 Å². The zero-order chi connectivity index (χ0) is 19.2. The van der Waals surface area contributed by atoms with E-state index in [0.29, 0.717) is 32.2 Å². The first-order valence-corrected chi connectivity index (χ1v) is 9.30. The molecule has 0 unspecified atom stereocenters. The monoisotopic (exact) mass is 379 g/mol. The topological polar surface area (TPSA) is 70.7 Å². The third kappa shape index (κ3) is 7.01. The van der Waals surface area contributed by atoms with E-state index >= 15 is 0 Å². The van der Waals surface area contributed by atoms with E-state index in [9.17, 15) is 22.8 Å². The number of alkyl halides is 3. The van der Waals surface area contributed by atoms with E-state index in [0.717, 1.165) is 12.8 Å². The quantitative estimate of drug-likeness (QED) is 0.720. The van der Waals surface area contributed by atoms with Crippen LogP contribution in [-0.2, 0) is 9.53 Å². The number of carbonyl (C=O) groups is 2. The van der Waals surface area contributed by atoms with Crippen LogP contribution in [0, 0.1) is 5.92 Å². The van der Waals surface area contributed by atoms with Gasteiger partial charge >= 0.3 is 18.2 Å². The molecule has 9 heteroatoms. The molecule has 1 aliphatic heterocycles. The molecule has 2 amide bonds.